The van der Waals surface area contributed by atoms with Crippen molar-refractivity contribution in [1.29, 1.82) is 0 Å². The Balaban J connectivity index is 0.000000152. The quantitative estimate of drug-likeness (QED) is 0.186. The number of aliphatic hydroxyl groups excluding tert-OH is 2. The smallest absolute Gasteiger partial charge is 0.336 e. The van der Waals surface area contributed by atoms with E-state index in [1.54, 1.807) is 23.5 Å². The van der Waals surface area contributed by atoms with E-state index in [2.05, 4.69) is 36.4 Å². The van der Waals surface area contributed by atoms with Crippen LogP contribution in [-0.2, 0) is 25.7 Å². The molecule has 6 nitrogen and oxygen atoms in total. The number of aryl methyl sites for hydroxylation is 2. The fourth-order valence-corrected chi connectivity index (χ4v) is 9.13. The van der Waals surface area contributed by atoms with E-state index < -0.39 is 12.2 Å². The summed E-state index contributed by atoms with van der Waals surface area (Å²) in [6.45, 7) is 3.83. The lowest BCUT2D eigenvalue weighted by atomic mass is 9.87. The molecular formula is C40H36O6S2. The van der Waals surface area contributed by atoms with Gasteiger partial charge in [-0.15, -0.1) is 23.5 Å². The second-order valence-electron chi connectivity index (χ2n) is 12.5. The lowest BCUT2D eigenvalue weighted by molar-refractivity contribution is 0.164. The van der Waals surface area contributed by atoms with Gasteiger partial charge in [-0.1, -0.05) is 60.7 Å². The van der Waals surface area contributed by atoms with Gasteiger partial charge >= 0.3 is 11.3 Å². The first kappa shape index (κ1) is 32.5. The molecule has 0 saturated carbocycles. The van der Waals surface area contributed by atoms with Crippen molar-refractivity contribution in [3.05, 3.63) is 151 Å². The molecule has 2 aromatic heterocycles. The molecule has 0 bridgehead atoms. The molecule has 0 saturated heterocycles. The first-order chi connectivity index (χ1) is 23.2. The van der Waals surface area contributed by atoms with E-state index in [1.165, 1.54) is 12.1 Å². The van der Waals surface area contributed by atoms with Crippen LogP contribution in [0.2, 0.25) is 0 Å². The molecule has 6 aromatic rings. The van der Waals surface area contributed by atoms with Crippen molar-refractivity contribution >= 4 is 45.5 Å². The molecule has 2 N–H and O–H groups in total. The molecular weight excluding hydrogens is 641 g/mol. The topological polar surface area (TPSA) is 101 Å². The molecule has 0 spiro atoms. The fraction of sp³-hybridized carbons (Fsp3) is 0.250. The highest BCUT2D eigenvalue weighted by atomic mass is 32.2. The molecule has 2 aliphatic rings. The van der Waals surface area contributed by atoms with Crippen LogP contribution < -0.4 is 11.3 Å². The third-order valence-corrected chi connectivity index (χ3v) is 11.9. The third-order valence-electron chi connectivity index (χ3n) is 9.23. The summed E-state index contributed by atoms with van der Waals surface area (Å²) in [6, 6.07) is 31.6. The largest absolute Gasteiger partial charge is 0.422 e. The van der Waals surface area contributed by atoms with Gasteiger partial charge < -0.3 is 19.0 Å². The van der Waals surface area contributed by atoms with E-state index in [0.717, 1.165) is 66.8 Å². The predicted molar refractivity (Wildman–Crippen MR) is 193 cm³/mol. The number of thioether (sulfide) groups is 2. The second kappa shape index (κ2) is 13.8. The van der Waals surface area contributed by atoms with Crippen molar-refractivity contribution in [2.45, 2.75) is 72.0 Å². The van der Waals surface area contributed by atoms with E-state index in [9.17, 15) is 19.8 Å². The van der Waals surface area contributed by atoms with Crippen molar-refractivity contribution in [3.8, 4) is 0 Å². The molecule has 2 aliphatic carbocycles. The van der Waals surface area contributed by atoms with Crippen LogP contribution in [0, 0.1) is 13.8 Å². The van der Waals surface area contributed by atoms with Gasteiger partial charge in [0.05, 0.1) is 12.2 Å². The minimum Gasteiger partial charge on any atom is -0.422 e. The maximum atomic E-state index is 11.7. The maximum absolute atomic E-state index is 11.7. The second-order valence-corrected chi connectivity index (χ2v) is 15.2. The summed E-state index contributed by atoms with van der Waals surface area (Å²) in [6.07, 6.45) is 1.65. The maximum Gasteiger partial charge on any atom is 0.336 e. The van der Waals surface area contributed by atoms with Crippen molar-refractivity contribution < 1.29 is 19.0 Å². The van der Waals surface area contributed by atoms with Crippen LogP contribution in [0.3, 0.4) is 0 Å². The zero-order chi connectivity index (χ0) is 33.4. The van der Waals surface area contributed by atoms with E-state index in [0.29, 0.717) is 24.0 Å². The molecule has 0 fully saturated rings. The average molecular weight is 677 g/mol. The standard InChI is InChI=1S/2C20H18O3S/c2*1-12-9-19(22)23-20-15(12)8-7-13-10-18(17(21)11-16(13)20)24-14-5-3-2-4-6-14/h2*2-9,17-18,21H,10-11H2,1H3/t2*17-,18-/m10/s1. The van der Waals surface area contributed by atoms with Gasteiger partial charge in [0.1, 0.15) is 11.2 Å². The summed E-state index contributed by atoms with van der Waals surface area (Å²) in [5.41, 5.74) is 6.73. The molecule has 244 valence electrons. The molecule has 8 heteroatoms. The van der Waals surface area contributed by atoms with Crippen molar-refractivity contribution in [2.24, 2.45) is 0 Å². The van der Waals surface area contributed by atoms with Crippen molar-refractivity contribution in [1.82, 2.24) is 0 Å². The Kier molecular flexibility index (Phi) is 9.34. The highest BCUT2D eigenvalue weighted by Crippen LogP contribution is 2.38. The van der Waals surface area contributed by atoms with Gasteiger partial charge in [-0.2, -0.15) is 0 Å². The predicted octanol–water partition coefficient (Wildman–Crippen LogP) is 7.44. The lowest BCUT2D eigenvalue weighted by Crippen LogP contribution is -2.32. The van der Waals surface area contributed by atoms with Gasteiger partial charge in [0.25, 0.3) is 0 Å². The Bertz CT molecular complexity index is 2050. The number of aliphatic hydroxyl groups is 2. The summed E-state index contributed by atoms with van der Waals surface area (Å²) in [7, 11) is 0. The Hall–Kier alpha value is -4.08. The van der Waals surface area contributed by atoms with Gasteiger partial charge in [-0.3, -0.25) is 0 Å². The van der Waals surface area contributed by atoms with Gasteiger partial charge in [-0.05, 0) is 73.2 Å². The Morgan fingerprint density at radius 3 is 1.35 bits per heavy atom. The zero-order valence-electron chi connectivity index (χ0n) is 26.7. The SMILES string of the molecule is Cc1cc(=O)oc2c3c(ccc12)C[C@@H](Sc1ccccc1)[C@H](O)C3.Cc1cc(=O)oc2c3c(ccc12)C[C@H](Sc1ccccc1)[C@@H](O)C3. The molecule has 4 aromatic carbocycles. The van der Waals surface area contributed by atoms with Crippen LogP contribution in [0.1, 0.15) is 33.4 Å². The minimum absolute atomic E-state index is 0.105. The number of hydrogen-bond donors (Lipinski definition) is 2. The Labute approximate surface area is 286 Å². The van der Waals surface area contributed by atoms with Crippen LogP contribution in [0.25, 0.3) is 21.9 Å². The number of benzene rings is 4. The normalized spacial score (nSPS) is 20.1. The van der Waals surface area contributed by atoms with Gasteiger partial charge in [0, 0.05) is 67.2 Å². The molecule has 0 unspecified atom stereocenters. The number of fused-ring (bicyclic) bond motifs is 6. The monoisotopic (exact) mass is 676 g/mol. The van der Waals surface area contributed by atoms with Crippen LogP contribution >= 0.6 is 23.5 Å². The van der Waals surface area contributed by atoms with Gasteiger partial charge in [0.15, 0.2) is 0 Å². The van der Waals surface area contributed by atoms with Gasteiger partial charge in [-0.25, -0.2) is 9.59 Å². The fourth-order valence-electron chi connectivity index (χ4n) is 6.77. The van der Waals surface area contributed by atoms with Gasteiger partial charge in [0.2, 0.25) is 0 Å². The molecule has 0 aliphatic heterocycles. The third kappa shape index (κ3) is 6.76. The lowest BCUT2D eigenvalue weighted by Gasteiger charge is -2.29. The number of hydrogen-bond acceptors (Lipinski definition) is 8. The highest BCUT2D eigenvalue weighted by Gasteiger charge is 2.31. The van der Waals surface area contributed by atoms with Crippen LogP contribution in [0.5, 0.6) is 0 Å². The first-order valence-electron chi connectivity index (χ1n) is 16.1. The average Bonchev–Trinajstić information content (AvgIpc) is 3.07. The summed E-state index contributed by atoms with van der Waals surface area (Å²) < 4.78 is 10.9. The molecule has 0 amide bonds. The zero-order valence-corrected chi connectivity index (χ0v) is 28.4. The van der Waals surface area contributed by atoms with E-state index in [-0.39, 0.29) is 21.8 Å². The highest BCUT2D eigenvalue weighted by molar-refractivity contribution is 8.00. The van der Waals surface area contributed by atoms with Crippen molar-refractivity contribution in [2.75, 3.05) is 0 Å². The number of rotatable bonds is 4. The van der Waals surface area contributed by atoms with E-state index >= 15 is 0 Å². The molecule has 8 rings (SSSR count). The molecule has 0 radical (unpaired) electrons. The summed E-state index contributed by atoms with van der Waals surface area (Å²) in [5, 5.41) is 23.4. The van der Waals surface area contributed by atoms with Crippen molar-refractivity contribution in [3.63, 3.8) is 0 Å². The Morgan fingerprint density at radius 2 is 0.958 bits per heavy atom. The minimum atomic E-state index is -0.459. The molecule has 2 heterocycles. The molecule has 48 heavy (non-hydrogen) atoms. The Morgan fingerprint density at radius 1 is 0.562 bits per heavy atom. The summed E-state index contributed by atoms with van der Waals surface area (Å²) >= 11 is 3.41. The van der Waals surface area contributed by atoms with E-state index in [1.807, 2.05) is 62.4 Å². The molecule has 4 atom stereocenters. The first-order valence-corrected chi connectivity index (χ1v) is 17.9. The van der Waals surface area contributed by atoms with E-state index in [4.69, 9.17) is 8.83 Å². The summed E-state index contributed by atoms with van der Waals surface area (Å²) in [5.74, 6) is 0. The summed E-state index contributed by atoms with van der Waals surface area (Å²) in [4.78, 5) is 25.8. The van der Waals surface area contributed by atoms with Crippen LogP contribution in [0.4, 0.5) is 0 Å². The van der Waals surface area contributed by atoms with Crippen LogP contribution in [-0.4, -0.2) is 32.9 Å². The van der Waals surface area contributed by atoms with Crippen LogP contribution in [0.15, 0.2) is 125 Å².